The summed E-state index contributed by atoms with van der Waals surface area (Å²) in [6, 6.07) is 5.52. The van der Waals surface area contributed by atoms with Crippen LogP contribution in [0.4, 0.5) is 0 Å². The molecule has 4 aromatic rings. The molecular weight excluding hydrogens is 392 g/mol. The first-order valence-electron chi connectivity index (χ1n) is 8.94. The predicted octanol–water partition coefficient (Wildman–Crippen LogP) is 4.76. The normalized spacial score (nSPS) is 11.6. The van der Waals surface area contributed by atoms with Gasteiger partial charge in [0, 0.05) is 22.1 Å². The minimum Gasteiger partial charge on any atom is -0.423 e. The minimum atomic E-state index is -0.344. The van der Waals surface area contributed by atoms with Crippen molar-refractivity contribution in [2.45, 2.75) is 39.2 Å². The zero-order chi connectivity index (χ0) is 20.0. The number of benzene rings is 1. The van der Waals surface area contributed by atoms with Crippen molar-refractivity contribution in [1.82, 2.24) is 9.97 Å². The third-order valence-corrected chi connectivity index (χ3v) is 7.12. The Bertz CT molecular complexity index is 1330. The molecule has 3 aromatic heterocycles. The molecular formula is C21H20N2O3S2. The maximum Gasteiger partial charge on any atom is 0.336 e. The number of hydrogen-bond acceptors (Lipinski definition) is 6. The average molecular weight is 413 g/mol. The van der Waals surface area contributed by atoms with Gasteiger partial charge in [-0.05, 0) is 62.1 Å². The largest absolute Gasteiger partial charge is 0.423 e. The molecule has 5 nitrogen and oxygen atoms in total. The molecule has 0 spiro atoms. The molecule has 0 bridgehead atoms. The first-order valence-corrected chi connectivity index (χ1v) is 10.9. The van der Waals surface area contributed by atoms with E-state index in [1.807, 2.05) is 33.8 Å². The van der Waals surface area contributed by atoms with Crippen molar-refractivity contribution in [1.29, 1.82) is 0 Å². The van der Waals surface area contributed by atoms with Crippen LogP contribution in [0.3, 0.4) is 0 Å². The van der Waals surface area contributed by atoms with Gasteiger partial charge in [-0.25, -0.2) is 9.78 Å². The summed E-state index contributed by atoms with van der Waals surface area (Å²) >= 11 is 3.16. The summed E-state index contributed by atoms with van der Waals surface area (Å²) in [7, 11) is 0. The summed E-state index contributed by atoms with van der Waals surface area (Å²) in [6.07, 6.45) is 0. The number of nitrogens with one attached hydrogen (secondary N) is 1. The van der Waals surface area contributed by atoms with Crippen molar-refractivity contribution in [3.63, 3.8) is 0 Å². The summed E-state index contributed by atoms with van der Waals surface area (Å²) in [4.78, 5) is 33.7. The van der Waals surface area contributed by atoms with Crippen LogP contribution in [0.15, 0.2) is 32.2 Å². The molecule has 0 aliphatic carbocycles. The van der Waals surface area contributed by atoms with Gasteiger partial charge in [0.2, 0.25) is 0 Å². The van der Waals surface area contributed by atoms with E-state index in [-0.39, 0.29) is 11.2 Å². The Morgan fingerprint density at radius 1 is 1.07 bits per heavy atom. The fraction of sp³-hybridized carbons (Fsp3) is 0.286. The monoisotopic (exact) mass is 412 g/mol. The SMILES string of the molecule is Cc1cc2oc(=O)cc(CSCc3nc4sc(C)c(C)c4c(=O)[nH]3)c2cc1C. The third kappa shape index (κ3) is 3.40. The zero-order valence-electron chi connectivity index (χ0n) is 16.1. The van der Waals surface area contributed by atoms with Crippen molar-refractivity contribution < 1.29 is 4.42 Å². The molecule has 144 valence electrons. The van der Waals surface area contributed by atoms with Crippen molar-refractivity contribution >= 4 is 44.3 Å². The van der Waals surface area contributed by atoms with E-state index in [9.17, 15) is 9.59 Å². The Morgan fingerprint density at radius 2 is 1.82 bits per heavy atom. The molecule has 0 amide bonds. The first-order chi connectivity index (χ1) is 13.3. The number of H-pyrrole nitrogens is 1. The van der Waals surface area contributed by atoms with Crippen LogP contribution in [-0.2, 0) is 11.5 Å². The van der Waals surface area contributed by atoms with E-state index < -0.39 is 0 Å². The molecule has 3 heterocycles. The van der Waals surface area contributed by atoms with Crippen LogP contribution < -0.4 is 11.2 Å². The Labute approximate surface area is 169 Å². The van der Waals surface area contributed by atoms with Crippen LogP contribution >= 0.6 is 23.1 Å². The zero-order valence-corrected chi connectivity index (χ0v) is 17.8. The Hall–Kier alpha value is -2.38. The Morgan fingerprint density at radius 3 is 2.61 bits per heavy atom. The number of hydrogen-bond donors (Lipinski definition) is 1. The van der Waals surface area contributed by atoms with Gasteiger partial charge in [-0.3, -0.25) is 4.79 Å². The van der Waals surface area contributed by atoms with Crippen LogP contribution in [-0.4, -0.2) is 9.97 Å². The van der Waals surface area contributed by atoms with E-state index in [1.165, 1.54) is 0 Å². The maximum atomic E-state index is 12.4. The molecule has 0 radical (unpaired) electrons. The Balaban J connectivity index is 1.61. The highest BCUT2D eigenvalue weighted by Gasteiger charge is 2.12. The van der Waals surface area contributed by atoms with Crippen LogP contribution in [0.25, 0.3) is 21.2 Å². The standard InChI is InChI=1S/C21H20N2O3S2/c1-10-5-15-14(7-18(24)26-16(15)6-11(10)2)8-27-9-17-22-20(25)19-12(3)13(4)28-21(19)23-17/h5-7H,8-9H2,1-4H3,(H,22,23,25). The lowest BCUT2D eigenvalue weighted by Crippen LogP contribution is -2.11. The van der Waals surface area contributed by atoms with Gasteiger partial charge in [0.05, 0.1) is 11.1 Å². The fourth-order valence-corrected chi connectivity index (χ4v) is 5.17. The van der Waals surface area contributed by atoms with E-state index in [0.717, 1.165) is 37.3 Å². The number of thiophene rings is 1. The summed E-state index contributed by atoms with van der Waals surface area (Å²) in [5.74, 6) is 1.85. The number of aryl methyl sites for hydroxylation is 4. The molecule has 7 heteroatoms. The first kappa shape index (κ1) is 19.0. The van der Waals surface area contributed by atoms with Crippen LogP contribution in [0, 0.1) is 27.7 Å². The van der Waals surface area contributed by atoms with E-state index >= 15 is 0 Å². The number of nitrogens with zero attached hydrogens (tertiary/aromatic N) is 1. The van der Waals surface area contributed by atoms with Gasteiger partial charge in [0.25, 0.3) is 5.56 Å². The molecule has 1 N–H and O–H groups in total. The van der Waals surface area contributed by atoms with E-state index in [2.05, 4.69) is 16.0 Å². The smallest absolute Gasteiger partial charge is 0.336 e. The molecule has 0 unspecified atom stereocenters. The number of fused-ring (bicyclic) bond motifs is 2. The number of aromatic amines is 1. The average Bonchev–Trinajstić information content (AvgIpc) is 2.91. The molecule has 0 fully saturated rings. The molecule has 0 saturated heterocycles. The molecule has 4 rings (SSSR count). The number of thioether (sulfide) groups is 1. The lowest BCUT2D eigenvalue weighted by molar-refractivity contribution is 0.559. The summed E-state index contributed by atoms with van der Waals surface area (Å²) in [6.45, 7) is 8.01. The van der Waals surface area contributed by atoms with Gasteiger partial charge >= 0.3 is 5.63 Å². The van der Waals surface area contributed by atoms with Crippen molar-refractivity contribution in [3.05, 3.63) is 71.9 Å². The Kier molecular flexibility index (Phi) is 4.89. The highest BCUT2D eigenvalue weighted by molar-refractivity contribution is 7.97. The minimum absolute atomic E-state index is 0.0839. The second-order valence-electron chi connectivity index (χ2n) is 6.99. The van der Waals surface area contributed by atoms with Crippen molar-refractivity contribution in [2.24, 2.45) is 0 Å². The summed E-state index contributed by atoms with van der Waals surface area (Å²) in [5.41, 5.74) is 4.38. The topological polar surface area (TPSA) is 76.0 Å². The number of aromatic nitrogens is 2. The predicted molar refractivity (Wildman–Crippen MR) is 117 cm³/mol. The van der Waals surface area contributed by atoms with E-state index in [4.69, 9.17) is 4.42 Å². The van der Waals surface area contributed by atoms with Gasteiger partial charge in [-0.1, -0.05) is 0 Å². The van der Waals surface area contributed by atoms with Crippen LogP contribution in [0.1, 0.15) is 33.0 Å². The van der Waals surface area contributed by atoms with E-state index in [0.29, 0.717) is 28.3 Å². The maximum absolute atomic E-state index is 12.4. The van der Waals surface area contributed by atoms with Gasteiger partial charge in [-0.15, -0.1) is 23.1 Å². The van der Waals surface area contributed by atoms with Gasteiger partial charge in [0.1, 0.15) is 16.2 Å². The van der Waals surface area contributed by atoms with E-state index in [1.54, 1.807) is 29.2 Å². The van der Waals surface area contributed by atoms with Crippen molar-refractivity contribution in [2.75, 3.05) is 0 Å². The van der Waals surface area contributed by atoms with Crippen molar-refractivity contribution in [3.8, 4) is 0 Å². The molecule has 0 atom stereocenters. The fourth-order valence-electron chi connectivity index (χ4n) is 3.23. The second-order valence-corrected chi connectivity index (χ2v) is 9.18. The van der Waals surface area contributed by atoms with Crippen LogP contribution in [0.5, 0.6) is 0 Å². The summed E-state index contributed by atoms with van der Waals surface area (Å²) in [5, 5.41) is 1.64. The molecule has 0 aliphatic heterocycles. The highest BCUT2D eigenvalue weighted by Crippen LogP contribution is 2.28. The molecule has 28 heavy (non-hydrogen) atoms. The number of rotatable bonds is 4. The lowest BCUT2D eigenvalue weighted by atomic mass is 10.0. The molecule has 0 aliphatic rings. The third-order valence-electron chi connectivity index (χ3n) is 5.03. The molecule has 0 saturated carbocycles. The van der Waals surface area contributed by atoms with Gasteiger partial charge < -0.3 is 9.40 Å². The molecule has 1 aromatic carbocycles. The summed E-state index contributed by atoms with van der Waals surface area (Å²) < 4.78 is 5.36. The second kappa shape index (κ2) is 7.22. The quantitative estimate of drug-likeness (QED) is 0.489. The lowest BCUT2D eigenvalue weighted by Gasteiger charge is -2.08. The van der Waals surface area contributed by atoms with Gasteiger partial charge in [0.15, 0.2) is 0 Å². The van der Waals surface area contributed by atoms with Crippen LogP contribution in [0.2, 0.25) is 0 Å². The van der Waals surface area contributed by atoms with Gasteiger partial charge in [-0.2, -0.15) is 0 Å². The highest BCUT2D eigenvalue weighted by atomic mass is 32.2.